The van der Waals surface area contributed by atoms with Gasteiger partial charge in [0.15, 0.2) is 0 Å². The lowest BCUT2D eigenvalue weighted by Gasteiger charge is -2.42. The Morgan fingerprint density at radius 2 is 2.09 bits per heavy atom. The minimum absolute atomic E-state index is 0. The molecule has 0 heterocycles. The molecule has 22 heavy (non-hydrogen) atoms. The standard InChI is InChI=1S/C15H23FN2O2S.ClH/c1-11-6-7-13(9-14(11)16)21(19,20)18-15(10-17)8-4-3-5-12(15)2;/h6-7,9,12,18H,3-5,8,10,17H2,1-2H3;1H. The van der Waals surface area contributed by atoms with Gasteiger partial charge in [-0.2, -0.15) is 0 Å². The van der Waals surface area contributed by atoms with Crippen LogP contribution in [0.2, 0.25) is 0 Å². The normalized spacial score (nSPS) is 25.5. The van der Waals surface area contributed by atoms with Crippen LogP contribution in [0.1, 0.15) is 38.2 Å². The predicted octanol–water partition coefficient (Wildman–Crippen LogP) is 2.74. The minimum atomic E-state index is -3.77. The summed E-state index contributed by atoms with van der Waals surface area (Å²) in [6.07, 6.45) is 3.70. The van der Waals surface area contributed by atoms with Gasteiger partial charge in [0, 0.05) is 12.1 Å². The molecule has 4 nitrogen and oxygen atoms in total. The quantitative estimate of drug-likeness (QED) is 0.877. The molecule has 0 aromatic heterocycles. The Bertz CT molecular complexity index is 624. The van der Waals surface area contributed by atoms with Crippen LogP contribution in [0.5, 0.6) is 0 Å². The summed E-state index contributed by atoms with van der Waals surface area (Å²) in [5.41, 5.74) is 5.66. The van der Waals surface area contributed by atoms with Gasteiger partial charge in [-0.25, -0.2) is 17.5 Å². The third kappa shape index (κ3) is 3.79. The molecule has 0 bridgehead atoms. The molecule has 0 saturated heterocycles. The number of halogens is 2. The molecular formula is C15H24ClFN2O2S. The molecule has 0 aliphatic heterocycles. The van der Waals surface area contributed by atoms with Gasteiger partial charge in [-0.1, -0.05) is 25.8 Å². The van der Waals surface area contributed by atoms with Crippen molar-refractivity contribution in [2.45, 2.75) is 50.0 Å². The number of nitrogens with two attached hydrogens (primary N) is 1. The topological polar surface area (TPSA) is 72.2 Å². The Morgan fingerprint density at radius 1 is 1.41 bits per heavy atom. The summed E-state index contributed by atoms with van der Waals surface area (Å²) in [4.78, 5) is -0.0452. The minimum Gasteiger partial charge on any atom is -0.329 e. The van der Waals surface area contributed by atoms with Crippen LogP contribution in [0.25, 0.3) is 0 Å². The molecule has 0 spiro atoms. The van der Waals surface area contributed by atoms with E-state index in [2.05, 4.69) is 4.72 Å². The van der Waals surface area contributed by atoms with Crippen LogP contribution in [-0.4, -0.2) is 20.5 Å². The summed E-state index contributed by atoms with van der Waals surface area (Å²) < 4.78 is 41.5. The van der Waals surface area contributed by atoms with Crippen LogP contribution in [0.4, 0.5) is 4.39 Å². The second-order valence-corrected chi connectivity index (χ2v) is 7.71. The van der Waals surface area contributed by atoms with Crippen LogP contribution in [0.3, 0.4) is 0 Å². The fraction of sp³-hybridized carbons (Fsp3) is 0.600. The zero-order chi connectivity index (χ0) is 15.7. The molecule has 2 unspecified atom stereocenters. The van der Waals surface area contributed by atoms with Gasteiger partial charge in [-0.05, 0) is 43.4 Å². The van der Waals surface area contributed by atoms with Gasteiger partial charge >= 0.3 is 0 Å². The van der Waals surface area contributed by atoms with Crippen molar-refractivity contribution in [3.63, 3.8) is 0 Å². The summed E-state index contributed by atoms with van der Waals surface area (Å²) in [5.74, 6) is -0.349. The number of aryl methyl sites for hydroxylation is 1. The highest BCUT2D eigenvalue weighted by Crippen LogP contribution is 2.34. The maximum atomic E-state index is 13.6. The van der Waals surface area contributed by atoms with E-state index in [9.17, 15) is 12.8 Å². The van der Waals surface area contributed by atoms with E-state index in [-0.39, 0.29) is 29.8 Å². The Morgan fingerprint density at radius 3 is 2.64 bits per heavy atom. The summed E-state index contributed by atoms with van der Waals surface area (Å²) in [7, 11) is -3.77. The van der Waals surface area contributed by atoms with Crippen molar-refractivity contribution in [2.75, 3.05) is 6.54 Å². The van der Waals surface area contributed by atoms with E-state index >= 15 is 0 Å². The Hall–Kier alpha value is -0.690. The first-order valence-electron chi connectivity index (χ1n) is 7.31. The molecule has 1 aromatic carbocycles. The number of benzene rings is 1. The van der Waals surface area contributed by atoms with Crippen molar-refractivity contribution in [3.8, 4) is 0 Å². The van der Waals surface area contributed by atoms with Crippen molar-refractivity contribution >= 4 is 22.4 Å². The van der Waals surface area contributed by atoms with Gasteiger partial charge in [0.2, 0.25) is 10.0 Å². The fourth-order valence-electron chi connectivity index (χ4n) is 2.98. The molecule has 2 atom stereocenters. The lowest BCUT2D eigenvalue weighted by Crippen LogP contribution is -2.58. The number of sulfonamides is 1. The number of nitrogens with one attached hydrogen (secondary N) is 1. The molecular weight excluding hydrogens is 327 g/mol. The largest absolute Gasteiger partial charge is 0.329 e. The molecule has 0 amide bonds. The smallest absolute Gasteiger partial charge is 0.241 e. The van der Waals surface area contributed by atoms with Gasteiger partial charge in [0.25, 0.3) is 0 Å². The number of rotatable bonds is 4. The zero-order valence-corrected chi connectivity index (χ0v) is 14.6. The second-order valence-electron chi connectivity index (χ2n) is 6.02. The average Bonchev–Trinajstić information content (AvgIpc) is 2.44. The van der Waals surface area contributed by atoms with E-state index in [4.69, 9.17) is 5.73 Å². The van der Waals surface area contributed by atoms with Crippen molar-refractivity contribution in [3.05, 3.63) is 29.6 Å². The highest BCUT2D eigenvalue weighted by Gasteiger charge is 2.40. The molecule has 126 valence electrons. The molecule has 0 radical (unpaired) electrons. The first-order valence-corrected chi connectivity index (χ1v) is 8.79. The zero-order valence-electron chi connectivity index (χ0n) is 12.9. The number of hydrogen-bond acceptors (Lipinski definition) is 3. The molecule has 1 fully saturated rings. The van der Waals surface area contributed by atoms with Gasteiger partial charge in [0.05, 0.1) is 4.90 Å². The fourth-order valence-corrected chi connectivity index (χ4v) is 4.52. The van der Waals surface area contributed by atoms with Crippen LogP contribution in [0.15, 0.2) is 23.1 Å². The summed E-state index contributed by atoms with van der Waals surface area (Å²) in [6.45, 7) is 3.87. The van der Waals surface area contributed by atoms with E-state index in [0.29, 0.717) is 5.56 Å². The van der Waals surface area contributed by atoms with E-state index < -0.39 is 21.4 Å². The van der Waals surface area contributed by atoms with Crippen LogP contribution in [-0.2, 0) is 10.0 Å². The second kappa shape index (κ2) is 7.25. The summed E-state index contributed by atoms with van der Waals surface area (Å²) >= 11 is 0. The Balaban J connectivity index is 0.00000242. The van der Waals surface area contributed by atoms with E-state index in [1.165, 1.54) is 12.1 Å². The molecule has 2 rings (SSSR count). The van der Waals surface area contributed by atoms with Gasteiger partial charge < -0.3 is 5.73 Å². The number of hydrogen-bond donors (Lipinski definition) is 2. The van der Waals surface area contributed by atoms with Crippen LogP contribution >= 0.6 is 12.4 Å². The van der Waals surface area contributed by atoms with E-state index in [1.807, 2.05) is 6.92 Å². The van der Waals surface area contributed by atoms with Crippen molar-refractivity contribution in [2.24, 2.45) is 11.7 Å². The summed E-state index contributed by atoms with van der Waals surface area (Å²) in [6, 6.07) is 3.97. The highest BCUT2D eigenvalue weighted by molar-refractivity contribution is 7.89. The summed E-state index contributed by atoms with van der Waals surface area (Å²) in [5, 5.41) is 0. The SMILES string of the molecule is Cc1ccc(S(=O)(=O)NC2(CN)CCCCC2C)cc1F.Cl. The molecule has 1 aliphatic rings. The van der Waals surface area contributed by atoms with Gasteiger partial charge in [-0.3, -0.25) is 0 Å². The Kier molecular flexibility index (Phi) is 6.38. The molecule has 3 N–H and O–H groups in total. The molecule has 1 aliphatic carbocycles. The third-order valence-corrected chi connectivity index (χ3v) is 6.16. The lowest BCUT2D eigenvalue weighted by atomic mass is 9.74. The monoisotopic (exact) mass is 350 g/mol. The van der Waals surface area contributed by atoms with Crippen molar-refractivity contribution in [1.82, 2.24) is 4.72 Å². The maximum absolute atomic E-state index is 13.6. The Labute approximate surface area is 138 Å². The van der Waals surface area contributed by atoms with Crippen LogP contribution < -0.4 is 10.5 Å². The third-order valence-electron chi connectivity index (χ3n) is 4.61. The van der Waals surface area contributed by atoms with E-state index in [0.717, 1.165) is 31.7 Å². The first kappa shape index (κ1) is 19.4. The van der Waals surface area contributed by atoms with Crippen LogP contribution in [0, 0.1) is 18.7 Å². The van der Waals surface area contributed by atoms with Crippen molar-refractivity contribution < 1.29 is 12.8 Å². The van der Waals surface area contributed by atoms with Gasteiger partial charge in [-0.15, -0.1) is 12.4 Å². The van der Waals surface area contributed by atoms with Gasteiger partial charge in [0.1, 0.15) is 5.82 Å². The van der Waals surface area contributed by atoms with E-state index in [1.54, 1.807) is 6.92 Å². The van der Waals surface area contributed by atoms with Crippen molar-refractivity contribution in [1.29, 1.82) is 0 Å². The predicted molar refractivity (Wildman–Crippen MR) is 88.1 cm³/mol. The lowest BCUT2D eigenvalue weighted by molar-refractivity contribution is 0.191. The maximum Gasteiger partial charge on any atom is 0.241 e. The average molecular weight is 351 g/mol. The molecule has 1 aromatic rings. The molecule has 1 saturated carbocycles. The first-order chi connectivity index (χ1) is 9.81. The molecule has 7 heteroatoms. The highest BCUT2D eigenvalue weighted by atomic mass is 35.5.